The van der Waals surface area contributed by atoms with Gasteiger partial charge in [0.15, 0.2) is 0 Å². The lowest BCUT2D eigenvalue weighted by Crippen LogP contribution is -2.23. The molecule has 0 bridgehead atoms. The second-order valence-electron chi connectivity index (χ2n) is 5.03. The van der Waals surface area contributed by atoms with Crippen LogP contribution in [0.1, 0.15) is 40.0 Å². The summed E-state index contributed by atoms with van der Waals surface area (Å²) in [5, 5.41) is 0. The minimum absolute atomic E-state index is 0.0601. The van der Waals surface area contributed by atoms with Crippen molar-refractivity contribution >= 4 is 0 Å². The summed E-state index contributed by atoms with van der Waals surface area (Å²) in [4.78, 5) is 0. The fraction of sp³-hybridized carbons (Fsp3) is 1.00. The summed E-state index contributed by atoms with van der Waals surface area (Å²) in [6, 6.07) is 0.350. The molecule has 0 heterocycles. The summed E-state index contributed by atoms with van der Waals surface area (Å²) in [7, 11) is 0. The van der Waals surface area contributed by atoms with Gasteiger partial charge in [0.05, 0.1) is 24.9 Å². The Bertz CT molecular complexity index is 165. The number of rotatable bonds is 4. The topological polar surface area (TPSA) is 44.5 Å². The van der Waals surface area contributed by atoms with Crippen molar-refractivity contribution in [3.63, 3.8) is 0 Å². The second kappa shape index (κ2) is 5.10. The quantitative estimate of drug-likeness (QED) is 0.704. The highest BCUT2D eigenvalue weighted by atomic mass is 16.5. The molecule has 14 heavy (non-hydrogen) atoms. The molecule has 84 valence electrons. The van der Waals surface area contributed by atoms with Gasteiger partial charge in [-0.2, -0.15) is 0 Å². The average Bonchev–Trinajstić information content (AvgIpc) is 2.44. The molecule has 0 spiro atoms. The summed E-state index contributed by atoms with van der Waals surface area (Å²) < 4.78 is 11.2. The van der Waals surface area contributed by atoms with Crippen molar-refractivity contribution in [1.82, 2.24) is 0 Å². The molecular formula is C11H23NO2. The lowest BCUT2D eigenvalue weighted by molar-refractivity contribution is -0.0503. The molecule has 0 radical (unpaired) electrons. The van der Waals surface area contributed by atoms with Crippen molar-refractivity contribution in [3.8, 4) is 0 Å². The van der Waals surface area contributed by atoms with E-state index in [9.17, 15) is 0 Å². The third-order valence-electron chi connectivity index (χ3n) is 2.40. The van der Waals surface area contributed by atoms with Gasteiger partial charge < -0.3 is 15.2 Å². The predicted octanol–water partition coefficient (Wildman–Crippen LogP) is 1.70. The van der Waals surface area contributed by atoms with Crippen molar-refractivity contribution < 1.29 is 9.47 Å². The monoisotopic (exact) mass is 201 g/mol. The fourth-order valence-corrected chi connectivity index (χ4v) is 1.69. The molecular weight excluding hydrogens is 178 g/mol. The summed E-state index contributed by atoms with van der Waals surface area (Å²) in [6.07, 6.45) is 3.59. The minimum Gasteiger partial charge on any atom is -0.376 e. The molecule has 3 nitrogen and oxygen atoms in total. The Labute approximate surface area is 86.9 Å². The molecule has 0 amide bonds. The largest absolute Gasteiger partial charge is 0.376 e. The van der Waals surface area contributed by atoms with Crippen molar-refractivity contribution in [3.05, 3.63) is 0 Å². The third-order valence-corrected chi connectivity index (χ3v) is 2.40. The lowest BCUT2D eigenvalue weighted by Gasteiger charge is -2.20. The SMILES string of the molecule is CC(C)(C)OCCOC1CC[C@H](N)C1. The molecule has 1 aliphatic carbocycles. The van der Waals surface area contributed by atoms with Crippen molar-refractivity contribution in [2.45, 2.75) is 57.8 Å². The van der Waals surface area contributed by atoms with E-state index >= 15 is 0 Å². The standard InChI is InChI=1S/C11H23NO2/c1-11(2,3)14-7-6-13-10-5-4-9(12)8-10/h9-10H,4-8,12H2,1-3H3/t9-,10?/m0/s1. The Balaban J connectivity index is 1.99. The summed E-state index contributed by atoms with van der Waals surface area (Å²) in [6.45, 7) is 7.53. The average molecular weight is 201 g/mol. The first-order chi connectivity index (χ1) is 6.47. The van der Waals surface area contributed by atoms with E-state index in [4.69, 9.17) is 15.2 Å². The van der Waals surface area contributed by atoms with Gasteiger partial charge in [-0.15, -0.1) is 0 Å². The highest BCUT2D eigenvalue weighted by Crippen LogP contribution is 2.20. The van der Waals surface area contributed by atoms with Crippen LogP contribution in [0.15, 0.2) is 0 Å². The van der Waals surface area contributed by atoms with Crippen molar-refractivity contribution in [2.24, 2.45) is 5.73 Å². The van der Waals surface area contributed by atoms with Crippen molar-refractivity contribution in [1.29, 1.82) is 0 Å². The zero-order valence-corrected chi connectivity index (χ0v) is 9.58. The summed E-state index contributed by atoms with van der Waals surface area (Å²) >= 11 is 0. The van der Waals surface area contributed by atoms with E-state index in [1.165, 1.54) is 0 Å². The molecule has 2 N–H and O–H groups in total. The van der Waals surface area contributed by atoms with Crippen LogP contribution in [0.2, 0.25) is 0 Å². The number of ether oxygens (including phenoxy) is 2. The summed E-state index contributed by atoms with van der Waals surface area (Å²) in [5.41, 5.74) is 5.73. The van der Waals surface area contributed by atoms with E-state index in [1.807, 2.05) is 0 Å². The van der Waals surface area contributed by atoms with Crippen LogP contribution in [-0.2, 0) is 9.47 Å². The predicted molar refractivity (Wildman–Crippen MR) is 57.3 cm³/mol. The number of hydrogen-bond donors (Lipinski definition) is 1. The van der Waals surface area contributed by atoms with Crippen LogP contribution in [0, 0.1) is 0 Å². The van der Waals surface area contributed by atoms with Crippen molar-refractivity contribution in [2.75, 3.05) is 13.2 Å². The maximum Gasteiger partial charge on any atom is 0.0707 e. The molecule has 0 saturated heterocycles. The van der Waals surface area contributed by atoms with Gasteiger partial charge in [-0.3, -0.25) is 0 Å². The van der Waals surface area contributed by atoms with Gasteiger partial charge in [-0.25, -0.2) is 0 Å². The zero-order valence-electron chi connectivity index (χ0n) is 9.58. The molecule has 1 saturated carbocycles. The molecule has 1 fully saturated rings. The van der Waals surface area contributed by atoms with Crippen LogP contribution in [0.25, 0.3) is 0 Å². The molecule has 0 aliphatic heterocycles. The highest BCUT2D eigenvalue weighted by molar-refractivity contribution is 4.78. The number of nitrogens with two attached hydrogens (primary N) is 1. The Morgan fingerprint density at radius 1 is 1.21 bits per heavy atom. The Kier molecular flexibility index (Phi) is 4.35. The van der Waals surface area contributed by atoms with Gasteiger partial charge in [0.25, 0.3) is 0 Å². The van der Waals surface area contributed by atoms with Gasteiger partial charge in [0, 0.05) is 6.04 Å². The minimum atomic E-state index is -0.0601. The van der Waals surface area contributed by atoms with E-state index in [0.29, 0.717) is 25.4 Å². The molecule has 1 aliphatic rings. The van der Waals surface area contributed by atoms with E-state index in [-0.39, 0.29) is 5.60 Å². The molecule has 1 rings (SSSR count). The zero-order chi connectivity index (χ0) is 10.6. The molecule has 0 aromatic heterocycles. The first-order valence-corrected chi connectivity index (χ1v) is 5.48. The van der Waals surface area contributed by atoms with Gasteiger partial charge in [-0.05, 0) is 40.0 Å². The Hall–Kier alpha value is -0.120. The Morgan fingerprint density at radius 2 is 1.93 bits per heavy atom. The first kappa shape index (κ1) is 12.0. The normalized spacial score (nSPS) is 28.3. The van der Waals surface area contributed by atoms with E-state index < -0.39 is 0 Å². The maximum atomic E-state index is 5.79. The maximum absolute atomic E-state index is 5.79. The smallest absolute Gasteiger partial charge is 0.0707 e. The van der Waals surface area contributed by atoms with Crippen LogP contribution < -0.4 is 5.73 Å². The Morgan fingerprint density at radius 3 is 2.43 bits per heavy atom. The van der Waals surface area contributed by atoms with Crippen LogP contribution in [0.3, 0.4) is 0 Å². The van der Waals surface area contributed by atoms with Gasteiger partial charge in [-0.1, -0.05) is 0 Å². The molecule has 0 aromatic rings. The molecule has 3 heteroatoms. The van der Waals surface area contributed by atoms with Gasteiger partial charge in [0.1, 0.15) is 0 Å². The number of hydrogen-bond acceptors (Lipinski definition) is 3. The lowest BCUT2D eigenvalue weighted by atomic mass is 10.2. The molecule has 1 unspecified atom stereocenters. The molecule has 0 aromatic carbocycles. The molecule has 2 atom stereocenters. The first-order valence-electron chi connectivity index (χ1n) is 5.48. The fourth-order valence-electron chi connectivity index (χ4n) is 1.69. The third kappa shape index (κ3) is 4.94. The van der Waals surface area contributed by atoms with Gasteiger partial charge >= 0.3 is 0 Å². The van der Waals surface area contributed by atoms with Crippen LogP contribution >= 0.6 is 0 Å². The van der Waals surface area contributed by atoms with Crippen LogP contribution in [-0.4, -0.2) is 31.0 Å². The van der Waals surface area contributed by atoms with E-state index in [1.54, 1.807) is 0 Å². The van der Waals surface area contributed by atoms with E-state index in [0.717, 1.165) is 19.3 Å². The van der Waals surface area contributed by atoms with E-state index in [2.05, 4.69) is 20.8 Å². The summed E-state index contributed by atoms with van der Waals surface area (Å²) in [5.74, 6) is 0. The van der Waals surface area contributed by atoms with Crippen LogP contribution in [0.4, 0.5) is 0 Å². The van der Waals surface area contributed by atoms with Crippen LogP contribution in [0.5, 0.6) is 0 Å². The second-order valence-corrected chi connectivity index (χ2v) is 5.03. The van der Waals surface area contributed by atoms with Gasteiger partial charge in [0.2, 0.25) is 0 Å². The highest BCUT2D eigenvalue weighted by Gasteiger charge is 2.22.